The predicted molar refractivity (Wildman–Crippen MR) is 104 cm³/mol. The summed E-state index contributed by atoms with van der Waals surface area (Å²) in [6.07, 6.45) is -3.28. The Balaban J connectivity index is 1.76. The van der Waals surface area contributed by atoms with Crippen LogP contribution in [0.2, 0.25) is 0 Å². The largest absolute Gasteiger partial charge is 0.435 e. The number of nitrogens with one attached hydrogen (secondary N) is 1. The first kappa shape index (κ1) is 18.7. The molecule has 0 spiro atoms. The average Bonchev–Trinajstić information content (AvgIpc) is 3.17. The zero-order valence-corrected chi connectivity index (χ0v) is 15.4. The maximum absolute atomic E-state index is 13.3. The number of anilines is 2. The Morgan fingerprint density at radius 3 is 2.31 bits per heavy atom. The van der Waals surface area contributed by atoms with Crippen LogP contribution < -0.4 is 5.32 Å². The van der Waals surface area contributed by atoms with E-state index in [4.69, 9.17) is 0 Å². The van der Waals surface area contributed by atoms with Gasteiger partial charge in [0.25, 0.3) is 0 Å². The lowest BCUT2D eigenvalue weighted by molar-refractivity contribution is -0.141. The van der Waals surface area contributed by atoms with E-state index < -0.39 is 11.9 Å². The number of rotatable bonds is 4. The summed E-state index contributed by atoms with van der Waals surface area (Å²) in [6, 6.07) is 19.0. The van der Waals surface area contributed by atoms with Crippen LogP contribution in [0.3, 0.4) is 0 Å². The molecule has 0 atom stereocenters. The molecule has 0 radical (unpaired) electrons. The minimum atomic E-state index is -4.56. The van der Waals surface area contributed by atoms with Crippen molar-refractivity contribution in [3.8, 4) is 17.1 Å². The number of nitrogens with zero attached hydrogens (tertiary/aromatic N) is 4. The van der Waals surface area contributed by atoms with Gasteiger partial charge < -0.3 is 5.32 Å². The van der Waals surface area contributed by atoms with E-state index in [2.05, 4.69) is 20.4 Å². The third-order valence-corrected chi connectivity index (χ3v) is 4.26. The van der Waals surface area contributed by atoms with Gasteiger partial charge in [-0.25, -0.2) is 14.6 Å². The Hall–Kier alpha value is -3.68. The summed E-state index contributed by atoms with van der Waals surface area (Å²) in [5, 5.41) is 6.88. The van der Waals surface area contributed by atoms with Crippen molar-refractivity contribution < 1.29 is 13.2 Å². The Labute approximate surface area is 164 Å². The standard InChI is InChI=1S/C21H16F3N5/c1-14-7-9-16(10-8-14)27-19-12-20(26-13-25-19)29-17(15-5-3-2-4-6-15)11-18(28-29)21(22,23)24/h2-13H,1H3,(H,25,26,27). The second-order valence-electron chi connectivity index (χ2n) is 6.44. The Morgan fingerprint density at radius 1 is 0.897 bits per heavy atom. The third kappa shape index (κ3) is 4.11. The minimum absolute atomic E-state index is 0.226. The number of aryl methyl sites for hydroxylation is 1. The lowest BCUT2D eigenvalue weighted by atomic mass is 10.1. The van der Waals surface area contributed by atoms with Gasteiger partial charge in [-0.15, -0.1) is 0 Å². The van der Waals surface area contributed by atoms with Crippen LogP contribution in [-0.2, 0) is 6.18 Å². The van der Waals surface area contributed by atoms with Gasteiger partial charge in [-0.1, -0.05) is 48.0 Å². The maximum Gasteiger partial charge on any atom is 0.435 e. The summed E-state index contributed by atoms with van der Waals surface area (Å²) >= 11 is 0. The number of hydrogen-bond acceptors (Lipinski definition) is 4. The van der Waals surface area contributed by atoms with Crippen molar-refractivity contribution in [2.45, 2.75) is 13.1 Å². The molecule has 0 saturated carbocycles. The highest BCUT2D eigenvalue weighted by molar-refractivity contribution is 5.63. The molecule has 0 fully saturated rings. The van der Waals surface area contributed by atoms with Crippen LogP contribution in [0, 0.1) is 6.92 Å². The molecule has 0 saturated heterocycles. The molecule has 8 heteroatoms. The summed E-state index contributed by atoms with van der Waals surface area (Å²) < 4.78 is 41.1. The molecule has 2 aromatic carbocycles. The summed E-state index contributed by atoms with van der Waals surface area (Å²) in [7, 11) is 0. The fourth-order valence-electron chi connectivity index (χ4n) is 2.82. The number of alkyl halides is 3. The first-order chi connectivity index (χ1) is 13.9. The van der Waals surface area contributed by atoms with E-state index in [9.17, 15) is 13.2 Å². The number of aromatic nitrogens is 4. The Kier molecular flexibility index (Phi) is 4.75. The molecule has 0 aliphatic rings. The van der Waals surface area contributed by atoms with Crippen LogP contribution in [0.1, 0.15) is 11.3 Å². The number of benzene rings is 2. The summed E-state index contributed by atoms with van der Waals surface area (Å²) in [6.45, 7) is 1.98. The molecule has 2 heterocycles. The highest BCUT2D eigenvalue weighted by Crippen LogP contribution is 2.33. The van der Waals surface area contributed by atoms with Crippen LogP contribution in [0.4, 0.5) is 24.7 Å². The van der Waals surface area contributed by atoms with Crippen molar-refractivity contribution in [1.82, 2.24) is 19.7 Å². The van der Waals surface area contributed by atoms with Crippen LogP contribution in [-0.4, -0.2) is 19.7 Å². The van der Waals surface area contributed by atoms with Gasteiger partial charge >= 0.3 is 6.18 Å². The van der Waals surface area contributed by atoms with Crippen LogP contribution >= 0.6 is 0 Å². The van der Waals surface area contributed by atoms with E-state index in [-0.39, 0.29) is 11.5 Å². The monoisotopic (exact) mass is 395 g/mol. The summed E-state index contributed by atoms with van der Waals surface area (Å²) in [5.41, 5.74) is 1.82. The van der Waals surface area contributed by atoms with E-state index in [0.29, 0.717) is 11.4 Å². The van der Waals surface area contributed by atoms with Gasteiger partial charge in [0.1, 0.15) is 12.1 Å². The molecule has 4 rings (SSSR count). The van der Waals surface area contributed by atoms with Crippen molar-refractivity contribution in [1.29, 1.82) is 0 Å². The number of halogens is 3. The molecule has 0 bridgehead atoms. The Bertz CT molecular complexity index is 1120. The van der Waals surface area contributed by atoms with E-state index in [1.54, 1.807) is 36.4 Å². The molecule has 0 aliphatic carbocycles. The molecular weight excluding hydrogens is 379 g/mol. The average molecular weight is 395 g/mol. The van der Waals surface area contributed by atoms with Crippen molar-refractivity contribution >= 4 is 11.5 Å². The highest BCUT2D eigenvalue weighted by atomic mass is 19.4. The molecule has 29 heavy (non-hydrogen) atoms. The molecular formula is C21H16F3N5. The van der Waals surface area contributed by atoms with E-state index in [1.165, 1.54) is 11.0 Å². The van der Waals surface area contributed by atoms with Crippen LogP contribution in [0.5, 0.6) is 0 Å². The smallest absolute Gasteiger partial charge is 0.340 e. The molecule has 0 amide bonds. The zero-order chi connectivity index (χ0) is 20.4. The lowest BCUT2D eigenvalue weighted by Gasteiger charge is -2.09. The zero-order valence-electron chi connectivity index (χ0n) is 15.4. The van der Waals surface area contributed by atoms with Crippen molar-refractivity contribution in [3.63, 3.8) is 0 Å². The van der Waals surface area contributed by atoms with Gasteiger partial charge in [-0.05, 0) is 25.1 Å². The van der Waals surface area contributed by atoms with Gasteiger partial charge in [0.15, 0.2) is 11.5 Å². The molecule has 146 valence electrons. The summed E-state index contributed by atoms with van der Waals surface area (Å²) in [4.78, 5) is 8.28. The molecule has 4 aromatic rings. The van der Waals surface area contributed by atoms with Crippen LogP contribution in [0.25, 0.3) is 17.1 Å². The number of hydrogen-bond donors (Lipinski definition) is 1. The summed E-state index contributed by atoms with van der Waals surface area (Å²) in [5.74, 6) is 0.672. The first-order valence-electron chi connectivity index (χ1n) is 8.79. The van der Waals surface area contributed by atoms with Gasteiger partial charge in [0, 0.05) is 17.3 Å². The van der Waals surface area contributed by atoms with Gasteiger partial charge in [-0.2, -0.15) is 18.3 Å². The third-order valence-electron chi connectivity index (χ3n) is 4.26. The molecule has 0 aliphatic heterocycles. The molecule has 2 aromatic heterocycles. The highest BCUT2D eigenvalue weighted by Gasteiger charge is 2.35. The van der Waals surface area contributed by atoms with Crippen molar-refractivity contribution in [2.24, 2.45) is 0 Å². The maximum atomic E-state index is 13.3. The predicted octanol–water partition coefficient (Wildman–Crippen LogP) is 5.40. The van der Waals surface area contributed by atoms with Gasteiger partial charge in [-0.3, -0.25) is 0 Å². The van der Waals surface area contributed by atoms with Gasteiger partial charge in [0.2, 0.25) is 0 Å². The van der Waals surface area contributed by atoms with E-state index >= 15 is 0 Å². The normalized spacial score (nSPS) is 11.4. The fraction of sp³-hybridized carbons (Fsp3) is 0.0952. The SMILES string of the molecule is Cc1ccc(Nc2cc(-n3nc(C(F)(F)F)cc3-c3ccccc3)ncn2)cc1. The molecule has 5 nitrogen and oxygen atoms in total. The van der Waals surface area contributed by atoms with Crippen molar-refractivity contribution in [2.75, 3.05) is 5.32 Å². The topological polar surface area (TPSA) is 55.6 Å². The fourth-order valence-corrected chi connectivity index (χ4v) is 2.82. The van der Waals surface area contributed by atoms with E-state index in [0.717, 1.165) is 17.3 Å². The Morgan fingerprint density at radius 2 is 1.62 bits per heavy atom. The first-order valence-corrected chi connectivity index (χ1v) is 8.79. The molecule has 1 N–H and O–H groups in total. The lowest BCUT2D eigenvalue weighted by Crippen LogP contribution is -2.08. The van der Waals surface area contributed by atoms with Crippen LogP contribution in [0.15, 0.2) is 73.1 Å². The minimum Gasteiger partial charge on any atom is -0.340 e. The molecule has 0 unspecified atom stereocenters. The quantitative estimate of drug-likeness (QED) is 0.503. The van der Waals surface area contributed by atoms with Gasteiger partial charge in [0.05, 0.1) is 5.69 Å². The second-order valence-corrected chi connectivity index (χ2v) is 6.44. The second kappa shape index (κ2) is 7.38. The van der Waals surface area contributed by atoms with E-state index in [1.807, 2.05) is 31.2 Å². The van der Waals surface area contributed by atoms with Crippen molar-refractivity contribution in [3.05, 3.63) is 84.3 Å².